The van der Waals surface area contributed by atoms with Crippen LogP contribution in [0.5, 0.6) is 11.5 Å². The number of carbonyl (C=O) groups excluding carboxylic acids is 1. The fraction of sp³-hybridized carbons (Fsp3) is 0.0714. The number of ketones is 1. The van der Waals surface area contributed by atoms with E-state index >= 15 is 0 Å². The molecule has 0 bridgehead atoms. The summed E-state index contributed by atoms with van der Waals surface area (Å²) in [7, 11) is 0. The molecule has 2 heterocycles. The number of aromatic hydroxyl groups is 2. The van der Waals surface area contributed by atoms with E-state index in [9.17, 15) is 15.0 Å². The predicted molar refractivity (Wildman–Crippen MR) is 79.7 cm³/mol. The number of halogens is 1. The lowest BCUT2D eigenvalue weighted by Gasteiger charge is -2.06. The van der Waals surface area contributed by atoms with Crippen LogP contribution < -0.4 is 0 Å². The van der Waals surface area contributed by atoms with Crippen molar-refractivity contribution in [1.82, 2.24) is 0 Å². The molecule has 0 amide bonds. The number of rotatable bonds is 2. The largest absolute Gasteiger partial charge is 0.504 e. The highest BCUT2D eigenvalue weighted by atomic mass is 79.9. The molecule has 0 saturated carbocycles. The summed E-state index contributed by atoms with van der Waals surface area (Å²) in [6.45, 7) is 1.64. The Morgan fingerprint density at radius 1 is 1.35 bits per heavy atom. The minimum atomic E-state index is -0.340. The molecule has 20 heavy (non-hydrogen) atoms. The van der Waals surface area contributed by atoms with Gasteiger partial charge in [0.1, 0.15) is 6.26 Å². The molecule has 2 aromatic heterocycles. The van der Waals surface area contributed by atoms with Crippen LogP contribution in [0.15, 0.2) is 32.0 Å². The van der Waals surface area contributed by atoms with Crippen LogP contribution >= 0.6 is 27.3 Å². The molecule has 0 aliphatic heterocycles. The summed E-state index contributed by atoms with van der Waals surface area (Å²) >= 11 is 4.71. The zero-order valence-electron chi connectivity index (χ0n) is 10.3. The highest BCUT2D eigenvalue weighted by molar-refractivity contribution is 9.10. The smallest absolute Gasteiger partial charge is 0.197 e. The van der Waals surface area contributed by atoms with Gasteiger partial charge in [-0.05, 0) is 34.3 Å². The van der Waals surface area contributed by atoms with Gasteiger partial charge in [-0.3, -0.25) is 4.79 Å². The summed E-state index contributed by atoms with van der Waals surface area (Å²) < 4.78 is 5.90. The maximum Gasteiger partial charge on any atom is 0.197 e. The second-order valence-electron chi connectivity index (χ2n) is 4.33. The molecule has 102 valence electrons. The Morgan fingerprint density at radius 3 is 2.75 bits per heavy atom. The molecule has 6 heteroatoms. The lowest BCUT2D eigenvalue weighted by Crippen LogP contribution is -1.98. The highest BCUT2D eigenvalue weighted by Gasteiger charge is 2.24. The number of carbonyl (C=O) groups is 1. The summed E-state index contributed by atoms with van der Waals surface area (Å²) in [5, 5.41) is 23.7. The van der Waals surface area contributed by atoms with Crippen molar-refractivity contribution in [3.63, 3.8) is 0 Å². The van der Waals surface area contributed by atoms with Crippen molar-refractivity contribution in [2.45, 2.75) is 6.92 Å². The molecule has 0 spiro atoms. The minimum absolute atomic E-state index is 0.219. The second-order valence-corrected chi connectivity index (χ2v) is 5.90. The van der Waals surface area contributed by atoms with Crippen molar-refractivity contribution in [2.24, 2.45) is 0 Å². The van der Waals surface area contributed by atoms with Crippen LogP contribution in [0.4, 0.5) is 0 Å². The van der Waals surface area contributed by atoms with Gasteiger partial charge in [0.05, 0.1) is 15.4 Å². The number of phenols is 2. The van der Waals surface area contributed by atoms with Gasteiger partial charge < -0.3 is 14.6 Å². The number of fused-ring (bicyclic) bond motifs is 1. The van der Waals surface area contributed by atoms with E-state index in [-0.39, 0.29) is 28.2 Å². The maximum absolute atomic E-state index is 12.4. The van der Waals surface area contributed by atoms with E-state index < -0.39 is 0 Å². The van der Waals surface area contributed by atoms with Gasteiger partial charge in [-0.25, -0.2) is 0 Å². The van der Waals surface area contributed by atoms with Crippen LogP contribution in [0, 0.1) is 6.92 Å². The Bertz CT molecular complexity index is 818. The third-order valence-corrected chi connectivity index (χ3v) is 4.80. The van der Waals surface area contributed by atoms with Gasteiger partial charge in [-0.1, -0.05) is 0 Å². The van der Waals surface area contributed by atoms with Gasteiger partial charge >= 0.3 is 0 Å². The lowest BCUT2D eigenvalue weighted by atomic mass is 10.0. The Balaban J connectivity index is 2.32. The van der Waals surface area contributed by atoms with Gasteiger partial charge in [0, 0.05) is 16.5 Å². The molecular weight excluding hydrogens is 344 g/mol. The van der Waals surface area contributed by atoms with Gasteiger partial charge in [0.15, 0.2) is 22.9 Å². The van der Waals surface area contributed by atoms with Crippen LogP contribution in [0.3, 0.4) is 0 Å². The molecular formula is C14H9BrO4S. The molecule has 0 aliphatic carbocycles. The minimum Gasteiger partial charge on any atom is -0.504 e. The Kier molecular flexibility index (Phi) is 3.07. The van der Waals surface area contributed by atoms with Crippen LogP contribution in [0.2, 0.25) is 0 Å². The normalized spacial score (nSPS) is 11.1. The first-order valence-corrected chi connectivity index (χ1v) is 7.44. The molecule has 0 aliphatic rings. The van der Waals surface area contributed by atoms with E-state index in [4.69, 9.17) is 4.42 Å². The van der Waals surface area contributed by atoms with Crippen molar-refractivity contribution < 1.29 is 19.4 Å². The molecule has 0 radical (unpaired) electrons. The molecule has 3 rings (SSSR count). The number of benzene rings is 1. The van der Waals surface area contributed by atoms with Crippen LogP contribution in [-0.2, 0) is 0 Å². The van der Waals surface area contributed by atoms with Gasteiger partial charge in [-0.15, -0.1) is 0 Å². The Labute approximate surface area is 126 Å². The third kappa shape index (κ3) is 1.76. The van der Waals surface area contributed by atoms with E-state index in [1.54, 1.807) is 23.8 Å². The fourth-order valence-electron chi connectivity index (χ4n) is 2.04. The first-order chi connectivity index (χ1) is 9.52. The molecule has 0 saturated heterocycles. The first kappa shape index (κ1) is 13.2. The van der Waals surface area contributed by atoms with Crippen LogP contribution in [0.1, 0.15) is 21.5 Å². The van der Waals surface area contributed by atoms with Crippen molar-refractivity contribution in [1.29, 1.82) is 0 Å². The van der Waals surface area contributed by atoms with Gasteiger partial charge in [-0.2, -0.15) is 11.3 Å². The molecule has 1 aromatic carbocycles. The zero-order valence-corrected chi connectivity index (χ0v) is 12.7. The van der Waals surface area contributed by atoms with E-state index in [1.165, 1.54) is 17.6 Å². The monoisotopic (exact) mass is 352 g/mol. The van der Waals surface area contributed by atoms with E-state index in [0.29, 0.717) is 21.2 Å². The molecule has 0 fully saturated rings. The molecule has 3 aromatic rings. The van der Waals surface area contributed by atoms with Crippen LogP contribution in [0.25, 0.3) is 11.0 Å². The third-order valence-electron chi connectivity index (χ3n) is 3.16. The quantitative estimate of drug-likeness (QED) is 0.535. The SMILES string of the molecule is Cc1c(O)c(O)c2c(C(=O)c3ccsc3)coc2c1Br. The Morgan fingerprint density at radius 2 is 2.10 bits per heavy atom. The lowest BCUT2D eigenvalue weighted by molar-refractivity contribution is 0.103. The summed E-state index contributed by atoms with van der Waals surface area (Å²) in [5.41, 5.74) is 1.55. The predicted octanol–water partition coefficient (Wildman–Crippen LogP) is 4.21. The number of thiophene rings is 1. The first-order valence-electron chi connectivity index (χ1n) is 5.70. The number of hydrogen-bond donors (Lipinski definition) is 2. The molecule has 4 nitrogen and oxygen atoms in total. The highest BCUT2D eigenvalue weighted by Crippen LogP contribution is 2.45. The van der Waals surface area contributed by atoms with Crippen LogP contribution in [-0.4, -0.2) is 16.0 Å². The molecule has 0 atom stereocenters. The summed E-state index contributed by atoms with van der Waals surface area (Å²) in [4.78, 5) is 12.4. The second kappa shape index (κ2) is 4.64. The van der Waals surface area contributed by atoms with Gasteiger partial charge in [0.2, 0.25) is 0 Å². The standard InChI is InChI=1S/C14H9BrO4S/c1-6-10(15)14-9(13(18)11(6)16)8(4-19-14)12(17)7-2-3-20-5-7/h2-5,16,18H,1H3. The zero-order chi connectivity index (χ0) is 14.4. The maximum atomic E-state index is 12.4. The average molecular weight is 353 g/mol. The van der Waals surface area contributed by atoms with Crippen molar-refractivity contribution in [3.8, 4) is 11.5 Å². The van der Waals surface area contributed by atoms with Crippen molar-refractivity contribution in [2.75, 3.05) is 0 Å². The Hall–Kier alpha value is -1.79. The fourth-order valence-corrected chi connectivity index (χ4v) is 3.16. The average Bonchev–Trinajstić information content (AvgIpc) is 3.10. The number of phenolic OH excluding ortho intramolecular Hbond substituents is 2. The number of hydrogen-bond acceptors (Lipinski definition) is 5. The van der Waals surface area contributed by atoms with Crippen molar-refractivity contribution >= 4 is 44.0 Å². The molecule has 2 N–H and O–H groups in total. The van der Waals surface area contributed by atoms with E-state index in [0.717, 1.165) is 0 Å². The van der Waals surface area contributed by atoms with E-state index in [1.807, 2.05) is 0 Å². The number of furan rings is 1. The van der Waals surface area contributed by atoms with Crippen molar-refractivity contribution in [3.05, 3.63) is 44.3 Å². The topological polar surface area (TPSA) is 70.7 Å². The summed E-state index contributed by atoms with van der Waals surface area (Å²) in [5.74, 6) is -0.853. The summed E-state index contributed by atoms with van der Waals surface area (Å²) in [6, 6.07) is 1.70. The van der Waals surface area contributed by atoms with E-state index in [2.05, 4.69) is 15.9 Å². The summed E-state index contributed by atoms with van der Waals surface area (Å²) in [6.07, 6.45) is 1.30. The van der Waals surface area contributed by atoms with Gasteiger partial charge in [0.25, 0.3) is 0 Å². The molecule has 0 unspecified atom stereocenters.